The van der Waals surface area contributed by atoms with E-state index in [1.165, 1.54) is 11.1 Å². The Labute approximate surface area is 62.9 Å². The van der Waals surface area contributed by atoms with Crippen molar-refractivity contribution >= 4 is 0 Å². The molecule has 0 nitrogen and oxygen atoms in total. The Balaban J connectivity index is 3.03. The Morgan fingerprint density at radius 1 is 1.40 bits per heavy atom. The highest BCUT2D eigenvalue weighted by Gasteiger charge is 1.99. The smallest absolute Gasteiger partial charge is 0.0181 e. The maximum absolute atomic E-state index is 3.06. The quantitative estimate of drug-likeness (QED) is 0.552. The average molecular weight is 133 g/mol. The largest absolute Gasteiger partial charge is 0.0587 e. The molecule has 1 aromatic rings. The fraction of sp³-hybridized carbons (Fsp3) is 0.400. The minimum Gasteiger partial charge on any atom is -0.0587 e. The molecular formula is C10H13. The van der Waals surface area contributed by atoms with Crippen LogP contribution in [0.2, 0.25) is 0 Å². The van der Waals surface area contributed by atoms with Crippen molar-refractivity contribution in [1.29, 1.82) is 0 Å². The van der Waals surface area contributed by atoms with Gasteiger partial charge in [-0.1, -0.05) is 32.0 Å². The third kappa shape index (κ3) is 1.38. The predicted molar refractivity (Wildman–Crippen MR) is 44.1 cm³/mol. The van der Waals surface area contributed by atoms with Gasteiger partial charge in [-0.25, -0.2) is 0 Å². The van der Waals surface area contributed by atoms with Gasteiger partial charge in [0.05, 0.1) is 0 Å². The topological polar surface area (TPSA) is 0 Å². The molecule has 0 fully saturated rings. The van der Waals surface area contributed by atoms with E-state index in [1.54, 1.807) is 0 Å². The van der Waals surface area contributed by atoms with Gasteiger partial charge in [-0.2, -0.15) is 0 Å². The number of hydrogen-bond donors (Lipinski definition) is 0. The van der Waals surface area contributed by atoms with Crippen molar-refractivity contribution in [1.82, 2.24) is 0 Å². The van der Waals surface area contributed by atoms with Crippen molar-refractivity contribution in [2.24, 2.45) is 0 Å². The Hall–Kier alpha value is -0.780. The monoisotopic (exact) mass is 133 g/mol. The van der Waals surface area contributed by atoms with Crippen LogP contribution >= 0.6 is 0 Å². The van der Waals surface area contributed by atoms with Crippen molar-refractivity contribution in [3.63, 3.8) is 0 Å². The van der Waals surface area contributed by atoms with Gasteiger partial charge in [-0.3, -0.25) is 0 Å². The van der Waals surface area contributed by atoms with Gasteiger partial charge in [0.2, 0.25) is 0 Å². The normalized spacial score (nSPS) is 10.4. The van der Waals surface area contributed by atoms with E-state index in [2.05, 4.69) is 32.9 Å². The highest BCUT2D eigenvalue weighted by molar-refractivity contribution is 5.27. The lowest BCUT2D eigenvalue weighted by atomic mass is 9.99. The first-order valence-corrected chi connectivity index (χ1v) is 3.68. The lowest BCUT2D eigenvalue weighted by molar-refractivity contribution is 0.856. The highest BCUT2D eigenvalue weighted by Crippen LogP contribution is 2.17. The molecule has 0 atom stereocenters. The second kappa shape index (κ2) is 2.87. The molecule has 53 valence electrons. The summed E-state index contributed by atoms with van der Waals surface area (Å²) in [7, 11) is 0. The van der Waals surface area contributed by atoms with Crippen molar-refractivity contribution in [3.05, 3.63) is 35.4 Å². The van der Waals surface area contributed by atoms with Crippen LogP contribution in [0.4, 0.5) is 0 Å². The molecule has 10 heavy (non-hydrogen) atoms. The van der Waals surface area contributed by atoms with Crippen LogP contribution in [0.5, 0.6) is 0 Å². The van der Waals surface area contributed by atoms with Crippen LogP contribution in [0.25, 0.3) is 0 Å². The van der Waals surface area contributed by atoms with Gasteiger partial charge in [-0.15, -0.1) is 0 Å². The summed E-state index contributed by atoms with van der Waals surface area (Å²) in [6, 6.07) is 9.21. The fourth-order valence-corrected chi connectivity index (χ4v) is 1.17. The van der Waals surface area contributed by atoms with Gasteiger partial charge in [-0.05, 0) is 30.0 Å². The van der Waals surface area contributed by atoms with Gasteiger partial charge in [0, 0.05) is 0 Å². The van der Waals surface area contributed by atoms with Crippen LogP contribution in [-0.4, -0.2) is 0 Å². The summed E-state index contributed by atoms with van der Waals surface area (Å²) >= 11 is 0. The first kappa shape index (κ1) is 7.33. The summed E-state index contributed by atoms with van der Waals surface area (Å²) in [5, 5.41) is 0. The minimum absolute atomic E-state index is 0.634. The van der Waals surface area contributed by atoms with Crippen LogP contribution in [0.1, 0.15) is 30.9 Å². The molecule has 0 heteroatoms. The molecule has 1 radical (unpaired) electrons. The summed E-state index contributed by atoms with van der Waals surface area (Å²) in [4.78, 5) is 0. The summed E-state index contributed by atoms with van der Waals surface area (Å²) < 4.78 is 0. The Morgan fingerprint density at radius 2 is 2.10 bits per heavy atom. The first-order valence-electron chi connectivity index (χ1n) is 3.68. The number of benzene rings is 1. The predicted octanol–water partition coefficient (Wildman–Crippen LogP) is 2.92. The molecular weight excluding hydrogens is 120 g/mol. The third-order valence-corrected chi connectivity index (χ3v) is 1.74. The Bertz CT molecular complexity index is 211. The molecule has 1 rings (SSSR count). The highest BCUT2D eigenvalue weighted by atomic mass is 14.0. The van der Waals surface area contributed by atoms with Crippen molar-refractivity contribution in [2.75, 3.05) is 0 Å². The molecule has 0 bridgehead atoms. The molecule has 0 saturated carbocycles. The fourth-order valence-electron chi connectivity index (χ4n) is 1.17. The molecule has 1 aromatic carbocycles. The molecule has 0 aliphatic heterocycles. The SMILES string of the molecule is Cc1c[c]ccc1C(C)C. The van der Waals surface area contributed by atoms with Gasteiger partial charge in [0.15, 0.2) is 0 Å². The van der Waals surface area contributed by atoms with Gasteiger partial charge in [0.1, 0.15) is 0 Å². The van der Waals surface area contributed by atoms with Gasteiger partial charge in [0.25, 0.3) is 0 Å². The molecule has 0 unspecified atom stereocenters. The Morgan fingerprint density at radius 3 is 2.50 bits per heavy atom. The summed E-state index contributed by atoms with van der Waals surface area (Å²) in [5.41, 5.74) is 2.77. The molecule has 0 amide bonds. The van der Waals surface area contributed by atoms with Crippen LogP contribution in [-0.2, 0) is 0 Å². The molecule has 0 N–H and O–H groups in total. The van der Waals surface area contributed by atoms with Crippen molar-refractivity contribution in [3.8, 4) is 0 Å². The van der Waals surface area contributed by atoms with Crippen LogP contribution < -0.4 is 0 Å². The Kier molecular flexibility index (Phi) is 2.10. The minimum atomic E-state index is 0.634. The lowest BCUT2D eigenvalue weighted by Gasteiger charge is -2.07. The van der Waals surface area contributed by atoms with Gasteiger partial charge >= 0.3 is 0 Å². The summed E-state index contributed by atoms with van der Waals surface area (Å²) in [6.45, 7) is 6.55. The van der Waals surface area contributed by atoms with E-state index in [0.29, 0.717) is 5.92 Å². The number of hydrogen-bond acceptors (Lipinski definition) is 0. The van der Waals surface area contributed by atoms with E-state index in [0.717, 1.165) is 0 Å². The number of aryl methyl sites for hydroxylation is 1. The number of rotatable bonds is 1. The summed E-state index contributed by atoms with van der Waals surface area (Å²) in [5.74, 6) is 0.634. The maximum Gasteiger partial charge on any atom is -0.0181 e. The van der Waals surface area contributed by atoms with E-state index in [-0.39, 0.29) is 0 Å². The van der Waals surface area contributed by atoms with Crippen molar-refractivity contribution in [2.45, 2.75) is 26.7 Å². The molecule has 0 saturated heterocycles. The van der Waals surface area contributed by atoms with E-state index in [9.17, 15) is 0 Å². The van der Waals surface area contributed by atoms with Crippen LogP contribution in [0, 0.1) is 13.0 Å². The zero-order chi connectivity index (χ0) is 7.56. The van der Waals surface area contributed by atoms with E-state index in [1.807, 2.05) is 12.1 Å². The molecule has 0 aliphatic carbocycles. The van der Waals surface area contributed by atoms with Gasteiger partial charge < -0.3 is 0 Å². The van der Waals surface area contributed by atoms with Crippen molar-refractivity contribution < 1.29 is 0 Å². The van der Waals surface area contributed by atoms with Crippen LogP contribution in [0.15, 0.2) is 18.2 Å². The molecule has 0 aliphatic rings. The van der Waals surface area contributed by atoms with E-state index >= 15 is 0 Å². The van der Waals surface area contributed by atoms with Crippen LogP contribution in [0.3, 0.4) is 0 Å². The zero-order valence-corrected chi connectivity index (χ0v) is 6.81. The first-order chi connectivity index (χ1) is 4.72. The lowest BCUT2D eigenvalue weighted by Crippen LogP contribution is -1.89. The second-order valence-corrected chi connectivity index (χ2v) is 2.94. The molecule has 0 spiro atoms. The zero-order valence-electron chi connectivity index (χ0n) is 6.81. The maximum atomic E-state index is 3.06. The summed E-state index contributed by atoms with van der Waals surface area (Å²) in [6.07, 6.45) is 0. The third-order valence-electron chi connectivity index (χ3n) is 1.74. The second-order valence-electron chi connectivity index (χ2n) is 2.94. The average Bonchev–Trinajstić information content (AvgIpc) is 1.88. The molecule has 0 heterocycles. The standard InChI is InChI=1S/C10H13/c1-8(2)10-7-5-4-6-9(10)3/h5-8H,1-3H3. The molecule has 0 aromatic heterocycles. The van der Waals surface area contributed by atoms with E-state index < -0.39 is 0 Å². The van der Waals surface area contributed by atoms with E-state index in [4.69, 9.17) is 0 Å².